The van der Waals surface area contributed by atoms with Gasteiger partial charge in [0.25, 0.3) is 0 Å². The second kappa shape index (κ2) is 11.0. The number of rotatable bonds is 1. The van der Waals surface area contributed by atoms with Gasteiger partial charge in [0.05, 0.1) is 19.1 Å². The average molecular weight is 393 g/mol. The number of amides is 1. The fraction of sp³-hybridized carbons (Fsp3) is 0.667. The van der Waals surface area contributed by atoms with E-state index in [9.17, 15) is 14.4 Å². The van der Waals surface area contributed by atoms with Crippen LogP contribution < -0.4 is 0 Å². The molecule has 0 saturated carbocycles. The number of cyclic esters (lactones) is 2. The fourth-order valence-corrected chi connectivity index (χ4v) is 3.37. The van der Waals surface area contributed by atoms with Crippen LogP contribution in [-0.4, -0.2) is 61.8 Å². The standard InChI is InChI=1S/C21H31NO6/c1-15-7-4-11-20(24)27-14-18(26-3)16(2)8-5-10-19(23)22-12-6-9-17(22)21(25)28-13-15/h4-5,7-8,15-18H,6,9-14H2,1-3H3/b7-4+,8-5+/t15-,16-,17+,18-/m1/s1. The molecular formula is C21H31NO6. The van der Waals surface area contributed by atoms with Gasteiger partial charge in [-0.1, -0.05) is 38.2 Å². The summed E-state index contributed by atoms with van der Waals surface area (Å²) in [7, 11) is 1.57. The van der Waals surface area contributed by atoms with Crippen LogP contribution in [0.25, 0.3) is 0 Å². The molecule has 1 fully saturated rings. The third-order valence-electron chi connectivity index (χ3n) is 5.11. The summed E-state index contributed by atoms with van der Waals surface area (Å²) in [6, 6.07) is -0.505. The van der Waals surface area contributed by atoms with Gasteiger partial charge in [0.1, 0.15) is 12.6 Å². The van der Waals surface area contributed by atoms with Crippen LogP contribution in [0.1, 0.15) is 39.5 Å². The topological polar surface area (TPSA) is 82.1 Å². The van der Waals surface area contributed by atoms with Crippen LogP contribution >= 0.6 is 0 Å². The zero-order valence-corrected chi connectivity index (χ0v) is 17.0. The molecule has 7 heteroatoms. The highest BCUT2D eigenvalue weighted by atomic mass is 16.6. The second-order valence-electron chi connectivity index (χ2n) is 7.43. The highest BCUT2D eigenvalue weighted by Gasteiger charge is 2.34. The number of carbonyl (C=O) groups is 3. The molecule has 156 valence electrons. The molecule has 0 radical (unpaired) electrons. The highest BCUT2D eigenvalue weighted by Crippen LogP contribution is 2.20. The molecule has 2 heterocycles. The van der Waals surface area contributed by atoms with E-state index in [0.29, 0.717) is 13.0 Å². The lowest BCUT2D eigenvalue weighted by Gasteiger charge is -2.23. The predicted octanol–water partition coefficient (Wildman–Crippen LogP) is 2.26. The number of hydrogen-bond acceptors (Lipinski definition) is 6. The van der Waals surface area contributed by atoms with Gasteiger partial charge in [0, 0.05) is 31.9 Å². The maximum atomic E-state index is 12.6. The van der Waals surface area contributed by atoms with Crippen molar-refractivity contribution < 1.29 is 28.6 Å². The summed E-state index contributed by atoms with van der Waals surface area (Å²) >= 11 is 0. The Balaban J connectivity index is 2.11. The normalized spacial score (nSPS) is 33.2. The summed E-state index contributed by atoms with van der Waals surface area (Å²) in [4.78, 5) is 38.5. The van der Waals surface area contributed by atoms with E-state index in [1.165, 1.54) is 0 Å². The van der Waals surface area contributed by atoms with Crippen molar-refractivity contribution in [3.63, 3.8) is 0 Å². The number of carbonyl (C=O) groups excluding carboxylic acids is 3. The van der Waals surface area contributed by atoms with Crippen molar-refractivity contribution in [2.24, 2.45) is 11.8 Å². The molecular weight excluding hydrogens is 362 g/mol. The van der Waals surface area contributed by atoms with Crippen LogP contribution in [0.15, 0.2) is 24.3 Å². The van der Waals surface area contributed by atoms with E-state index >= 15 is 0 Å². The molecule has 0 unspecified atom stereocenters. The minimum absolute atomic E-state index is 0.0283. The maximum Gasteiger partial charge on any atom is 0.328 e. The molecule has 0 N–H and O–H groups in total. The number of ether oxygens (including phenoxy) is 3. The number of methoxy groups -OCH3 is 1. The first kappa shape index (κ1) is 22.1. The van der Waals surface area contributed by atoms with E-state index in [2.05, 4.69) is 0 Å². The predicted molar refractivity (Wildman–Crippen MR) is 103 cm³/mol. The molecule has 0 aromatic heterocycles. The van der Waals surface area contributed by atoms with Crippen molar-refractivity contribution in [2.75, 3.05) is 26.9 Å². The van der Waals surface area contributed by atoms with Crippen LogP contribution in [0, 0.1) is 11.8 Å². The van der Waals surface area contributed by atoms with E-state index in [1.54, 1.807) is 24.2 Å². The lowest BCUT2D eigenvalue weighted by Crippen LogP contribution is -2.41. The van der Waals surface area contributed by atoms with Gasteiger partial charge in [-0.15, -0.1) is 0 Å². The molecule has 0 aromatic rings. The molecule has 0 bridgehead atoms. The maximum absolute atomic E-state index is 12.6. The summed E-state index contributed by atoms with van der Waals surface area (Å²) in [5.74, 6) is -0.840. The Morgan fingerprint density at radius 2 is 1.79 bits per heavy atom. The first-order valence-corrected chi connectivity index (χ1v) is 9.90. The van der Waals surface area contributed by atoms with E-state index in [4.69, 9.17) is 14.2 Å². The van der Waals surface area contributed by atoms with Gasteiger partial charge in [0.15, 0.2) is 0 Å². The molecule has 7 nitrogen and oxygen atoms in total. The van der Waals surface area contributed by atoms with E-state index in [1.807, 2.05) is 26.0 Å². The number of fused-ring (bicyclic) bond motifs is 1. The lowest BCUT2D eigenvalue weighted by atomic mass is 10.0. The quantitative estimate of drug-likeness (QED) is 0.502. The summed E-state index contributed by atoms with van der Waals surface area (Å²) in [5.41, 5.74) is 0. The monoisotopic (exact) mass is 393 g/mol. The second-order valence-corrected chi connectivity index (χ2v) is 7.43. The average Bonchev–Trinajstić information content (AvgIpc) is 3.16. The van der Waals surface area contributed by atoms with Crippen LogP contribution in [-0.2, 0) is 28.6 Å². The minimum Gasteiger partial charge on any atom is -0.464 e. The third-order valence-corrected chi connectivity index (χ3v) is 5.11. The van der Waals surface area contributed by atoms with E-state index in [0.717, 1.165) is 6.42 Å². The largest absolute Gasteiger partial charge is 0.464 e. The van der Waals surface area contributed by atoms with Crippen LogP contribution in [0.5, 0.6) is 0 Å². The molecule has 2 aliphatic heterocycles. The van der Waals surface area contributed by atoms with Crippen molar-refractivity contribution in [3.8, 4) is 0 Å². The van der Waals surface area contributed by atoms with Crippen LogP contribution in [0.4, 0.5) is 0 Å². The van der Waals surface area contributed by atoms with Gasteiger partial charge in [-0.25, -0.2) is 4.79 Å². The molecule has 2 rings (SSSR count). The SMILES string of the molecule is CO[C@@H]1COC(=O)C/C=C/[C@@H](C)COC(=O)[C@@H]2CCCN2C(=O)C/C=C/[C@H]1C. The highest BCUT2D eigenvalue weighted by molar-refractivity contribution is 5.85. The first-order valence-electron chi connectivity index (χ1n) is 9.90. The Labute approximate surface area is 166 Å². The smallest absolute Gasteiger partial charge is 0.328 e. The van der Waals surface area contributed by atoms with Crippen molar-refractivity contribution >= 4 is 17.8 Å². The van der Waals surface area contributed by atoms with Gasteiger partial charge >= 0.3 is 11.9 Å². The number of hydrogen-bond donors (Lipinski definition) is 0. The Morgan fingerprint density at radius 3 is 2.54 bits per heavy atom. The van der Waals surface area contributed by atoms with Gasteiger partial charge in [-0.2, -0.15) is 0 Å². The van der Waals surface area contributed by atoms with Gasteiger partial charge < -0.3 is 19.1 Å². The molecule has 1 amide bonds. The Kier molecular flexibility index (Phi) is 8.70. The van der Waals surface area contributed by atoms with Gasteiger partial charge in [-0.05, 0) is 12.8 Å². The number of nitrogens with zero attached hydrogens (tertiary/aromatic N) is 1. The summed E-state index contributed by atoms with van der Waals surface area (Å²) < 4.78 is 16.1. The minimum atomic E-state index is -0.505. The van der Waals surface area contributed by atoms with Crippen molar-refractivity contribution in [3.05, 3.63) is 24.3 Å². The van der Waals surface area contributed by atoms with Crippen molar-refractivity contribution in [1.29, 1.82) is 0 Å². The summed E-state index contributed by atoms with van der Waals surface area (Å²) in [5, 5.41) is 0. The molecule has 0 spiro atoms. The Hall–Kier alpha value is -2.15. The summed E-state index contributed by atoms with van der Waals surface area (Å²) in [6.07, 6.45) is 8.73. The van der Waals surface area contributed by atoms with Crippen LogP contribution in [0.2, 0.25) is 0 Å². The zero-order valence-electron chi connectivity index (χ0n) is 17.0. The van der Waals surface area contributed by atoms with Crippen LogP contribution in [0.3, 0.4) is 0 Å². The molecule has 28 heavy (non-hydrogen) atoms. The lowest BCUT2D eigenvalue weighted by molar-refractivity contribution is -0.153. The van der Waals surface area contributed by atoms with E-state index < -0.39 is 6.04 Å². The van der Waals surface area contributed by atoms with E-state index in [-0.39, 0.29) is 61.8 Å². The zero-order chi connectivity index (χ0) is 20.5. The van der Waals surface area contributed by atoms with Crippen molar-refractivity contribution in [2.45, 2.75) is 51.7 Å². The third kappa shape index (κ3) is 6.48. The Bertz CT molecular complexity index is 614. The number of esters is 2. The molecule has 0 aromatic carbocycles. The summed E-state index contributed by atoms with van der Waals surface area (Å²) in [6.45, 7) is 4.79. The fourth-order valence-electron chi connectivity index (χ4n) is 3.37. The Morgan fingerprint density at radius 1 is 1.04 bits per heavy atom. The molecule has 1 saturated heterocycles. The van der Waals surface area contributed by atoms with Gasteiger partial charge in [-0.3, -0.25) is 9.59 Å². The molecule has 2 aliphatic rings. The van der Waals surface area contributed by atoms with Crippen molar-refractivity contribution in [1.82, 2.24) is 4.90 Å². The molecule has 0 aliphatic carbocycles. The first-order chi connectivity index (χ1) is 13.4. The molecule has 4 atom stereocenters. The van der Waals surface area contributed by atoms with Gasteiger partial charge in [0.2, 0.25) is 5.91 Å².